The molecule has 0 fully saturated rings. The molecule has 0 saturated heterocycles. The number of aryl methyl sites for hydroxylation is 1. The number of hydrogen-bond donors (Lipinski definition) is 1. The Labute approximate surface area is 117 Å². The highest BCUT2D eigenvalue weighted by Crippen LogP contribution is 2.20. The largest absolute Gasteiger partial charge is 0.455 e. The number of rotatable bonds is 2. The van der Waals surface area contributed by atoms with Crippen molar-refractivity contribution in [3.63, 3.8) is 0 Å². The molecule has 0 radical (unpaired) electrons. The molecule has 1 aromatic heterocycles. The van der Waals surface area contributed by atoms with E-state index in [4.69, 9.17) is 4.74 Å². The first-order valence-electron chi connectivity index (χ1n) is 6.32. The fraction of sp³-hybridized carbons (Fsp3) is 0.333. The third-order valence-corrected chi connectivity index (χ3v) is 2.59. The van der Waals surface area contributed by atoms with Crippen LogP contribution in [0.3, 0.4) is 0 Å². The van der Waals surface area contributed by atoms with Crippen molar-refractivity contribution in [3.8, 4) is 11.4 Å². The zero-order valence-corrected chi connectivity index (χ0v) is 12.0. The van der Waals surface area contributed by atoms with Crippen LogP contribution in [0.2, 0.25) is 0 Å². The molecule has 0 aliphatic heterocycles. The molecular formula is C15H17FN2O2. The number of halogens is 1. The standard InChI is InChI=1S/C15H17FN2O2/c1-9-12(14(19)20-15(2,3)4)18-13(17-9)10-5-7-11(16)8-6-10/h5-8H,1-4H3,(H,17,18). The Morgan fingerprint density at radius 1 is 1.25 bits per heavy atom. The van der Waals surface area contributed by atoms with E-state index in [0.717, 1.165) is 0 Å². The summed E-state index contributed by atoms with van der Waals surface area (Å²) in [4.78, 5) is 19.3. The molecule has 0 atom stereocenters. The van der Waals surface area contributed by atoms with Crippen molar-refractivity contribution in [2.75, 3.05) is 0 Å². The fourth-order valence-electron chi connectivity index (χ4n) is 1.73. The van der Waals surface area contributed by atoms with E-state index >= 15 is 0 Å². The smallest absolute Gasteiger partial charge is 0.359 e. The molecular weight excluding hydrogens is 259 g/mol. The predicted molar refractivity (Wildman–Crippen MR) is 73.9 cm³/mol. The van der Waals surface area contributed by atoms with Crippen LogP contribution in [-0.2, 0) is 4.74 Å². The highest BCUT2D eigenvalue weighted by molar-refractivity contribution is 5.89. The van der Waals surface area contributed by atoms with Gasteiger partial charge in [-0.3, -0.25) is 0 Å². The molecule has 0 unspecified atom stereocenters. The van der Waals surface area contributed by atoms with Crippen LogP contribution < -0.4 is 0 Å². The lowest BCUT2D eigenvalue weighted by Gasteiger charge is -2.18. The van der Waals surface area contributed by atoms with Crippen LogP contribution in [0.5, 0.6) is 0 Å². The number of carbonyl (C=O) groups excluding carboxylic acids is 1. The Morgan fingerprint density at radius 3 is 2.40 bits per heavy atom. The molecule has 0 aliphatic rings. The average molecular weight is 276 g/mol. The Balaban J connectivity index is 2.30. The molecule has 0 amide bonds. The van der Waals surface area contributed by atoms with Gasteiger partial charge in [0.15, 0.2) is 5.69 Å². The SMILES string of the molecule is Cc1[nH]c(-c2ccc(F)cc2)nc1C(=O)OC(C)(C)C. The fourth-order valence-corrected chi connectivity index (χ4v) is 1.73. The lowest BCUT2D eigenvalue weighted by molar-refractivity contribution is 0.00627. The molecule has 106 valence electrons. The number of ether oxygens (including phenoxy) is 1. The van der Waals surface area contributed by atoms with E-state index < -0.39 is 11.6 Å². The summed E-state index contributed by atoms with van der Waals surface area (Å²) < 4.78 is 18.2. The first-order chi connectivity index (χ1) is 9.26. The van der Waals surface area contributed by atoms with Crippen LogP contribution in [0.1, 0.15) is 37.0 Å². The molecule has 4 nitrogen and oxygen atoms in total. The summed E-state index contributed by atoms with van der Waals surface area (Å²) in [6.45, 7) is 7.15. The van der Waals surface area contributed by atoms with Gasteiger partial charge in [0, 0.05) is 11.3 Å². The van der Waals surface area contributed by atoms with Crippen molar-refractivity contribution in [1.29, 1.82) is 0 Å². The number of aromatic nitrogens is 2. The van der Waals surface area contributed by atoms with Gasteiger partial charge in [0.25, 0.3) is 0 Å². The number of H-pyrrole nitrogens is 1. The highest BCUT2D eigenvalue weighted by Gasteiger charge is 2.22. The summed E-state index contributed by atoms with van der Waals surface area (Å²) in [5.41, 5.74) is 1.01. The summed E-state index contributed by atoms with van der Waals surface area (Å²) in [5, 5.41) is 0. The van der Waals surface area contributed by atoms with E-state index in [9.17, 15) is 9.18 Å². The van der Waals surface area contributed by atoms with Crippen molar-refractivity contribution < 1.29 is 13.9 Å². The first-order valence-corrected chi connectivity index (χ1v) is 6.32. The number of carbonyl (C=O) groups is 1. The summed E-state index contributed by atoms with van der Waals surface area (Å²) >= 11 is 0. The molecule has 1 N–H and O–H groups in total. The maximum Gasteiger partial charge on any atom is 0.359 e. The van der Waals surface area contributed by atoms with Crippen LogP contribution in [0.25, 0.3) is 11.4 Å². The predicted octanol–water partition coefficient (Wildman–Crippen LogP) is 3.48. The summed E-state index contributed by atoms with van der Waals surface area (Å²) in [5.74, 6) is -0.271. The number of hydrogen-bond acceptors (Lipinski definition) is 3. The lowest BCUT2D eigenvalue weighted by Crippen LogP contribution is -2.24. The first kappa shape index (κ1) is 14.2. The zero-order valence-electron chi connectivity index (χ0n) is 12.0. The van der Waals surface area contributed by atoms with Gasteiger partial charge in [-0.25, -0.2) is 14.2 Å². The molecule has 2 aromatic rings. The van der Waals surface area contributed by atoms with E-state index in [1.165, 1.54) is 12.1 Å². The monoisotopic (exact) mass is 276 g/mol. The van der Waals surface area contributed by atoms with Crippen LogP contribution in [0, 0.1) is 12.7 Å². The summed E-state index contributed by atoms with van der Waals surface area (Å²) in [6, 6.07) is 5.90. The molecule has 2 rings (SSSR count). The van der Waals surface area contributed by atoms with Crippen LogP contribution >= 0.6 is 0 Å². The Hall–Kier alpha value is -2.17. The van der Waals surface area contributed by atoms with Gasteiger partial charge in [0.2, 0.25) is 0 Å². The second kappa shape index (κ2) is 5.07. The van der Waals surface area contributed by atoms with Gasteiger partial charge in [-0.15, -0.1) is 0 Å². The zero-order chi connectivity index (χ0) is 14.9. The molecule has 0 saturated carbocycles. The minimum atomic E-state index is -0.571. The maximum atomic E-state index is 12.9. The lowest BCUT2D eigenvalue weighted by atomic mass is 10.2. The number of imidazole rings is 1. The molecule has 1 heterocycles. The summed E-state index contributed by atoms with van der Waals surface area (Å²) in [6.07, 6.45) is 0. The van der Waals surface area contributed by atoms with Crippen LogP contribution in [-0.4, -0.2) is 21.5 Å². The molecule has 0 bridgehead atoms. The van der Waals surface area contributed by atoms with Crippen LogP contribution in [0.15, 0.2) is 24.3 Å². The molecule has 1 aromatic carbocycles. The van der Waals surface area contributed by atoms with Gasteiger partial charge in [-0.2, -0.15) is 0 Å². The third-order valence-electron chi connectivity index (χ3n) is 2.59. The van der Waals surface area contributed by atoms with Crippen molar-refractivity contribution in [2.45, 2.75) is 33.3 Å². The molecule has 20 heavy (non-hydrogen) atoms. The number of benzene rings is 1. The van der Waals surface area contributed by atoms with Crippen molar-refractivity contribution in [2.24, 2.45) is 0 Å². The second-order valence-corrected chi connectivity index (χ2v) is 5.57. The number of nitrogens with zero attached hydrogens (tertiary/aromatic N) is 1. The Morgan fingerprint density at radius 2 is 1.85 bits per heavy atom. The van der Waals surface area contributed by atoms with Gasteiger partial charge >= 0.3 is 5.97 Å². The third kappa shape index (κ3) is 3.23. The van der Waals surface area contributed by atoms with Gasteiger partial charge in [0.1, 0.15) is 17.2 Å². The van der Waals surface area contributed by atoms with E-state index in [-0.39, 0.29) is 11.5 Å². The van der Waals surface area contributed by atoms with Gasteiger partial charge in [-0.1, -0.05) is 0 Å². The van der Waals surface area contributed by atoms with Gasteiger partial charge in [-0.05, 0) is 52.0 Å². The van der Waals surface area contributed by atoms with Crippen molar-refractivity contribution in [3.05, 3.63) is 41.5 Å². The Kier molecular flexibility index (Phi) is 3.61. The number of nitrogens with one attached hydrogen (secondary N) is 1. The van der Waals surface area contributed by atoms with Crippen molar-refractivity contribution >= 4 is 5.97 Å². The van der Waals surface area contributed by atoms with E-state index in [1.54, 1.807) is 39.8 Å². The molecule has 5 heteroatoms. The second-order valence-electron chi connectivity index (χ2n) is 5.57. The van der Waals surface area contributed by atoms with Crippen molar-refractivity contribution in [1.82, 2.24) is 9.97 Å². The number of esters is 1. The van der Waals surface area contributed by atoms with Gasteiger partial charge in [0.05, 0.1) is 0 Å². The summed E-state index contributed by atoms with van der Waals surface area (Å²) in [7, 11) is 0. The number of aromatic amines is 1. The van der Waals surface area contributed by atoms with E-state index in [0.29, 0.717) is 17.1 Å². The Bertz CT molecular complexity index is 624. The highest BCUT2D eigenvalue weighted by atomic mass is 19.1. The van der Waals surface area contributed by atoms with E-state index in [2.05, 4.69) is 9.97 Å². The van der Waals surface area contributed by atoms with Crippen LogP contribution in [0.4, 0.5) is 4.39 Å². The van der Waals surface area contributed by atoms with E-state index in [1.807, 2.05) is 0 Å². The maximum absolute atomic E-state index is 12.9. The average Bonchev–Trinajstić information content (AvgIpc) is 2.70. The van der Waals surface area contributed by atoms with Gasteiger partial charge < -0.3 is 9.72 Å². The normalized spacial score (nSPS) is 11.4. The quantitative estimate of drug-likeness (QED) is 0.854. The molecule has 0 aliphatic carbocycles. The topological polar surface area (TPSA) is 55.0 Å². The minimum Gasteiger partial charge on any atom is -0.455 e. The molecule has 0 spiro atoms. The minimum absolute atomic E-state index is 0.249.